The van der Waals surface area contributed by atoms with E-state index >= 15 is 0 Å². The van der Waals surface area contributed by atoms with E-state index in [0.717, 1.165) is 35.2 Å². The Morgan fingerprint density at radius 3 is 2.49 bits per heavy atom. The Hall–Kier alpha value is -5.15. The Kier molecular flexibility index (Phi) is 8.28. The smallest absolute Gasteiger partial charge is 0.265 e. The van der Waals surface area contributed by atoms with Crippen LogP contribution in [-0.4, -0.2) is 35.8 Å². The summed E-state index contributed by atoms with van der Waals surface area (Å²) >= 11 is 0. The second kappa shape index (κ2) is 12.5. The predicted octanol–water partition coefficient (Wildman–Crippen LogP) is 5.58. The van der Waals surface area contributed by atoms with Crippen LogP contribution < -0.4 is 25.6 Å². The average Bonchev–Trinajstić information content (AvgIpc) is 3.50. The first-order valence-electron chi connectivity index (χ1n) is 15.1. The molecular formula is C36H36N4O5. The van der Waals surface area contributed by atoms with Gasteiger partial charge in [-0.05, 0) is 79.3 Å². The number of ether oxygens (including phenoxy) is 2. The highest BCUT2D eigenvalue weighted by atomic mass is 16.5. The van der Waals surface area contributed by atoms with E-state index in [4.69, 9.17) is 15.3 Å². The zero-order chi connectivity index (χ0) is 31.7. The lowest BCUT2D eigenvalue weighted by molar-refractivity contribution is 0.0766. The molecule has 3 amide bonds. The molecule has 4 aromatic rings. The van der Waals surface area contributed by atoms with Gasteiger partial charge in [0.15, 0.2) is 11.5 Å². The number of rotatable bonds is 10. The number of nitrogens with two attached hydrogens (primary N) is 1. The number of carbonyl (C=O) groups excluding carboxylic acids is 3. The molecule has 0 aromatic heterocycles. The van der Waals surface area contributed by atoms with Gasteiger partial charge in [-0.15, -0.1) is 0 Å². The number of fused-ring (bicyclic) bond motifs is 2. The van der Waals surface area contributed by atoms with Gasteiger partial charge in [0.25, 0.3) is 17.7 Å². The second-order valence-corrected chi connectivity index (χ2v) is 11.6. The summed E-state index contributed by atoms with van der Waals surface area (Å²) in [5.41, 5.74) is 8.12. The molecule has 45 heavy (non-hydrogen) atoms. The van der Waals surface area contributed by atoms with E-state index in [-0.39, 0.29) is 24.0 Å². The molecule has 4 aromatic carbocycles. The molecule has 230 valence electrons. The SMILES string of the molecule is COc1ccc(N2C(=O)c3cc(CN4Cc5ccc(C(=O)NN)cc5C4=O)ccc3C2C)cc1OC(C)CCc1ccccc1. The fraction of sp³-hybridized carbons (Fsp3) is 0.250. The largest absolute Gasteiger partial charge is 0.493 e. The number of nitrogens with one attached hydrogen (secondary N) is 1. The topological polar surface area (TPSA) is 114 Å². The van der Waals surface area contributed by atoms with E-state index in [1.54, 1.807) is 35.1 Å². The van der Waals surface area contributed by atoms with Crippen LogP contribution in [0.15, 0.2) is 84.9 Å². The second-order valence-electron chi connectivity index (χ2n) is 11.6. The Morgan fingerprint density at radius 1 is 0.933 bits per heavy atom. The summed E-state index contributed by atoms with van der Waals surface area (Å²) in [6.07, 6.45) is 1.66. The predicted molar refractivity (Wildman–Crippen MR) is 171 cm³/mol. The summed E-state index contributed by atoms with van der Waals surface area (Å²) < 4.78 is 11.9. The number of anilines is 1. The van der Waals surface area contributed by atoms with Crippen LogP contribution in [0.1, 0.15) is 79.6 Å². The van der Waals surface area contributed by atoms with Crippen molar-refractivity contribution in [1.82, 2.24) is 10.3 Å². The highest BCUT2D eigenvalue weighted by molar-refractivity contribution is 6.11. The summed E-state index contributed by atoms with van der Waals surface area (Å²) in [6, 6.07) is 26.5. The van der Waals surface area contributed by atoms with E-state index in [0.29, 0.717) is 41.3 Å². The molecule has 0 saturated carbocycles. The summed E-state index contributed by atoms with van der Waals surface area (Å²) in [5, 5.41) is 0. The molecule has 0 fully saturated rings. The third-order valence-corrected chi connectivity index (χ3v) is 8.60. The zero-order valence-electron chi connectivity index (χ0n) is 25.6. The molecule has 9 heteroatoms. The van der Waals surface area contributed by atoms with Crippen molar-refractivity contribution in [1.29, 1.82) is 0 Å². The lowest BCUT2D eigenvalue weighted by Crippen LogP contribution is -2.30. The molecule has 2 aliphatic heterocycles. The number of amides is 3. The van der Waals surface area contributed by atoms with Gasteiger partial charge in [-0.1, -0.05) is 48.5 Å². The normalized spacial score (nSPS) is 16.0. The minimum absolute atomic E-state index is 0.0651. The summed E-state index contributed by atoms with van der Waals surface area (Å²) in [5.74, 6) is 5.73. The molecule has 0 aliphatic carbocycles. The Balaban J connectivity index is 1.17. The van der Waals surface area contributed by atoms with Crippen LogP contribution in [0.25, 0.3) is 0 Å². The number of nitrogens with zero attached hydrogens (tertiary/aromatic N) is 2. The number of hydrogen-bond donors (Lipinski definition) is 2. The number of aryl methyl sites for hydroxylation is 1. The first-order valence-corrected chi connectivity index (χ1v) is 15.1. The van der Waals surface area contributed by atoms with E-state index in [1.807, 2.05) is 68.4 Å². The molecule has 3 N–H and O–H groups in total. The summed E-state index contributed by atoms with van der Waals surface area (Å²) in [4.78, 5) is 42.5. The first kappa shape index (κ1) is 29.9. The fourth-order valence-electron chi connectivity index (χ4n) is 6.17. The van der Waals surface area contributed by atoms with Gasteiger partial charge in [-0.3, -0.25) is 19.8 Å². The number of hydrazine groups is 1. The molecule has 2 unspecified atom stereocenters. The van der Waals surface area contributed by atoms with Crippen molar-refractivity contribution in [2.75, 3.05) is 12.0 Å². The molecule has 0 saturated heterocycles. The van der Waals surface area contributed by atoms with Crippen LogP contribution in [0.3, 0.4) is 0 Å². The monoisotopic (exact) mass is 604 g/mol. The van der Waals surface area contributed by atoms with Crippen molar-refractivity contribution in [2.24, 2.45) is 5.84 Å². The van der Waals surface area contributed by atoms with Gasteiger partial charge in [0, 0.05) is 41.5 Å². The van der Waals surface area contributed by atoms with E-state index < -0.39 is 5.91 Å². The van der Waals surface area contributed by atoms with Crippen molar-refractivity contribution >= 4 is 23.4 Å². The fourth-order valence-corrected chi connectivity index (χ4v) is 6.17. The standard InChI is InChI=1S/C36H36N4O5/c1-22(9-10-24-7-5-4-6-8-24)45-33-19-28(14-16-32(33)44-3)40-23(2)29-15-11-25(17-31(29)36(40)43)20-39-21-27-13-12-26(34(41)38-37)18-30(27)35(39)42/h4-8,11-19,22-23H,9-10,20-21,37H2,1-3H3,(H,38,41). The van der Waals surface area contributed by atoms with Crippen molar-refractivity contribution in [3.8, 4) is 11.5 Å². The van der Waals surface area contributed by atoms with Crippen LogP contribution in [0.4, 0.5) is 5.69 Å². The van der Waals surface area contributed by atoms with Crippen molar-refractivity contribution in [2.45, 2.75) is 51.9 Å². The molecule has 9 nitrogen and oxygen atoms in total. The number of hydrogen-bond acceptors (Lipinski definition) is 6. The third kappa shape index (κ3) is 5.86. The third-order valence-electron chi connectivity index (χ3n) is 8.60. The van der Waals surface area contributed by atoms with Crippen LogP contribution in [0.2, 0.25) is 0 Å². The quantitative estimate of drug-likeness (QED) is 0.139. The highest BCUT2D eigenvalue weighted by Gasteiger charge is 2.36. The Labute approximate surface area is 262 Å². The van der Waals surface area contributed by atoms with Gasteiger partial charge in [0.2, 0.25) is 0 Å². The molecule has 2 heterocycles. The Morgan fingerprint density at radius 2 is 1.73 bits per heavy atom. The van der Waals surface area contributed by atoms with Gasteiger partial charge in [-0.25, -0.2) is 5.84 Å². The first-order chi connectivity index (χ1) is 21.8. The van der Waals surface area contributed by atoms with Gasteiger partial charge in [0.1, 0.15) is 0 Å². The van der Waals surface area contributed by atoms with Gasteiger partial charge >= 0.3 is 0 Å². The molecule has 0 bridgehead atoms. The maximum Gasteiger partial charge on any atom is 0.265 e. The van der Waals surface area contributed by atoms with Crippen molar-refractivity contribution in [3.05, 3.63) is 124 Å². The van der Waals surface area contributed by atoms with Gasteiger partial charge in [-0.2, -0.15) is 0 Å². The van der Waals surface area contributed by atoms with Crippen LogP contribution in [-0.2, 0) is 19.5 Å². The van der Waals surface area contributed by atoms with Crippen LogP contribution >= 0.6 is 0 Å². The van der Waals surface area contributed by atoms with Crippen molar-refractivity contribution in [3.63, 3.8) is 0 Å². The van der Waals surface area contributed by atoms with E-state index in [2.05, 4.69) is 17.6 Å². The summed E-state index contributed by atoms with van der Waals surface area (Å²) in [6.45, 7) is 4.80. The number of methoxy groups -OCH3 is 1. The Bertz CT molecular complexity index is 1770. The zero-order valence-corrected chi connectivity index (χ0v) is 25.6. The maximum atomic E-state index is 13.8. The van der Waals surface area contributed by atoms with E-state index in [9.17, 15) is 14.4 Å². The van der Waals surface area contributed by atoms with Gasteiger partial charge < -0.3 is 19.3 Å². The average molecular weight is 605 g/mol. The lowest BCUT2D eigenvalue weighted by Gasteiger charge is -2.24. The maximum absolute atomic E-state index is 13.8. The minimum atomic E-state index is -0.451. The highest BCUT2D eigenvalue weighted by Crippen LogP contribution is 2.41. The molecule has 0 spiro atoms. The minimum Gasteiger partial charge on any atom is -0.493 e. The molecule has 0 radical (unpaired) electrons. The molecular weight excluding hydrogens is 568 g/mol. The number of carbonyl (C=O) groups is 3. The lowest BCUT2D eigenvalue weighted by atomic mass is 10.0. The number of nitrogen functional groups attached to an aromatic ring is 1. The van der Waals surface area contributed by atoms with Crippen LogP contribution in [0, 0.1) is 0 Å². The molecule has 2 atom stereocenters. The van der Waals surface area contributed by atoms with Gasteiger partial charge in [0.05, 0.1) is 19.3 Å². The molecule has 2 aliphatic rings. The summed E-state index contributed by atoms with van der Waals surface area (Å²) in [7, 11) is 1.61. The number of benzene rings is 4. The van der Waals surface area contributed by atoms with E-state index in [1.165, 1.54) is 5.56 Å². The van der Waals surface area contributed by atoms with Crippen molar-refractivity contribution < 1.29 is 23.9 Å². The van der Waals surface area contributed by atoms with Crippen LogP contribution in [0.5, 0.6) is 11.5 Å². The molecule has 6 rings (SSSR count).